The Morgan fingerprint density at radius 3 is 2.31 bits per heavy atom. The van der Waals surface area contributed by atoms with Gasteiger partial charge in [-0.2, -0.15) is 5.26 Å². The Labute approximate surface area is 173 Å². The minimum atomic E-state index is -0.339. The predicted molar refractivity (Wildman–Crippen MR) is 112 cm³/mol. The van der Waals surface area contributed by atoms with Crippen molar-refractivity contribution in [2.75, 3.05) is 7.11 Å². The largest absolute Gasteiger partial charge is 0.497 e. The third-order valence-electron chi connectivity index (χ3n) is 7.46. The minimum Gasteiger partial charge on any atom is -0.497 e. The average molecular weight is 394 g/mol. The van der Waals surface area contributed by atoms with E-state index in [0.717, 1.165) is 29.1 Å². The molecule has 5 rings (SSSR count). The first-order valence-electron chi connectivity index (χ1n) is 10.8. The van der Waals surface area contributed by atoms with Gasteiger partial charge in [0.1, 0.15) is 17.4 Å². The second-order valence-corrected chi connectivity index (χ2v) is 9.37. The summed E-state index contributed by atoms with van der Waals surface area (Å²) in [5.41, 5.74) is 1.44. The Morgan fingerprint density at radius 1 is 1.21 bits per heavy atom. The first-order chi connectivity index (χ1) is 14.0. The lowest BCUT2D eigenvalue weighted by molar-refractivity contribution is -0.117. The lowest BCUT2D eigenvalue weighted by atomic mass is 9.48. The Kier molecular flexibility index (Phi) is 5.54. The quantitative estimate of drug-likeness (QED) is 0.544. The summed E-state index contributed by atoms with van der Waals surface area (Å²) in [6.07, 6.45) is 9.77. The molecule has 4 bridgehead atoms. The second-order valence-electron chi connectivity index (χ2n) is 9.37. The van der Waals surface area contributed by atoms with Gasteiger partial charge in [0.05, 0.1) is 7.11 Å². The maximum atomic E-state index is 12.5. The first kappa shape index (κ1) is 19.8. The summed E-state index contributed by atoms with van der Waals surface area (Å²) < 4.78 is 5.14. The maximum absolute atomic E-state index is 12.5. The molecule has 0 aliphatic heterocycles. The topological polar surface area (TPSA) is 74.1 Å². The summed E-state index contributed by atoms with van der Waals surface area (Å²) in [4.78, 5) is 12.5. The van der Waals surface area contributed by atoms with Crippen molar-refractivity contribution in [2.24, 2.45) is 23.2 Å². The van der Waals surface area contributed by atoms with E-state index in [0.29, 0.717) is 12.0 Å². The molecule has 0 heterocycles. The van der Waals surface area contributed by atoms with E-state index in [2.05, 4.69) is 23.6 Å². The van der Waals surface area contributed by atoms with Crippen LogP contribution in [0, 0.1) is 34.5 Å². The van der Waals surface area contributed by atoms with Gasteiger partial charge in [0.2, 0.25) is 0 Å². The fourth-order valence-electron chi connectivity index (χ4n) is 6.26. The first-order valence-corrected chi connectivity index (χ1v) is 10.8. The Balaban J connectivity index is 1.34. The zero-order valence-electron chi connectivity index (χ0n) is 17.4. The highest BCUT2D eigenvalue weighted by molar-refractivity contribution is 5.97. The molecular formula is C24H31N3O2. The maximum Gasteiger partial charge on any atom is 0.263 e. The number of amides is 1. The molecule has 1 aromatic carbocycles. The normalized spacial score (nSPS) is 31.1. The van der Waals surface area contributed by atoms with Crippen LogP contribution >= 0.6 is 0 Å². The standard InChI is InChI=1S/C24H31N3O2/c1-16(24-10-18-7-19(11-24)9-20(8-18)12-24)26-15-21(13-25)23(28)27-14-17-3-5-22(29-2)6-4-17/h3-6,15-16,18-20,26H,7-12,14H2,1-2H3,(H,27,28)/b21-15-. The van der Waals surface area contributed by atoms with Gasteiger partial charge < -0.3 is 15.4 Å². The molecule has 0 aromatic heterocycles. The fourth-order valence-corrected chi connectivity index (χ4v) is 6.26. The smallest absolute Gasteiger partial charge is 0.263 e. The molecule has 1 atom stereocenters. The Morgan fingerprint density at radius 2 is 1.79 bits per heavy atom. The van der Waals surface area contributed by atoms with Gasteiger partial charge in [-0.3, -0.25) is 4.79 Å². The molecule has 1 unspecified atom stereocenters. The van der Waals surface area contributed by atoms with E-state index in [1.165, 1.54) is 38.5 Å². The zero-order chi connectivity index (χ0) is 20.4. The molecule has 0 spiro atoms. The molecule has 5 nitrogen and oxygen atoms in total. The van der Waals surface area contributed by atoms with Crippen molar-refractivity contribution < 1.29 is 9.53 Å². The summed E-state index contributed by atoms with van der Waals surface area (Å²) in [5.74, 6) is 3.10. The second kappa shape index (κ2) is 8.10. The van der Waals surface area contributed by atoms with Crippen LogP contribution in [0.3, 0.4) is 0 Å². The Hall–Kier alpha value is -2.48. The number of hydrogen-bond donors (Lipinski definition) is 2. The lowest BCUT2D eigenvalue weighted by Gasteiger charge is -2.59. The highest BCUT2D eigenvalue weighted by Gasteiger charge is 2.52. The van der Waals surface area contributed by atoms with Crippen LogP contribution in [0.2, 0.25) is 0 Å². The van der Waals surface area contributed by atoms with E-state index in [4.69, 9.17) is 4.74 Å². The van der Waals surface area contributed by atoms with Crippen LogP contribution < -0.4 is 15.4 Å². The third kappa shape index (κ3) is 4.12. The van der Waals surface area contributed by atoms with Gasteiger partial charge in [-0.25, -0.2) is 0 Å². The van der Waals surface area contributed by atoms with Crippen LogP contribution in [0.1, 0.15) is 51.0 Å². The zero-order valence-corrected chi connectivity index (χ0v) is 17.4. The number of nitriles is 1. The number of carbonyl (C=O) groups is 1. The molecule has 154 valence electrons. The third-order valence-corrected chi connectivity index (χ3v) is 7.46. The van der Waals surface area contributed by atoms with Crippen LogP contribution in [0.15, 0.2) is 36.0 Å². The lowest BCUT2D eigenvalue weighted by Crippen LogP contribution is -2.54. The van der Waals surface area contributed by atoms with Crippen molar-refractivity contribution in [2.45, 2.75) is 58.0 Å². The molecule has 1 amide bonds. The predicted octanol–water partition coefficient (Wildman–Crippen LogP) is 3.91. The highest BCUT2D eigenvalue weighted by atomic mass is 16.5. The number of methoxy groups -OCH3 is 1. The van der Waals surface area contributed by atoms with Gasteiger partial charge >= 0.3 is 0 Å². The number of ether oxygens (including phenoxy) is 1. The van der Waals surface area contributed by atoms with Crippen molar-refractivity contribution in [3.05, 3.63) is 41.6 Å². The van der Waals surface area contributed by atoms with E-state index in [1.54, 1.807) is 13.3 Å². The summed E-state index contributed by atoms with van der Waals surface area (Å²) >= 11 is 0. The van der Waals surface area contributed by atoms with E-state index in [1.807, 2.05) is 24.3 Å². The SMILES string of the molecule is COc1ccc(CNC(=O)/C(C#N)=C\NC(C)C23CC4CC(CC(C4)C2)C3)cc1. The van der Waals surface area contributed by atoms with Gasteiger partial charge in [-0.1, -0.05) is 12.1 Å². The van der Waals surface area contributed by atoms with E-state index in [9.17, 15) is 10.1 Å². The molecule has 0 radical (unpaired) electrons. The molecule has 4 fully saturated rings. The van der Waals surface area contributed by atoms with E-state index >= 15 is 0 Å². The molecule has 29 heavy (non-hydrogen) atoms. The van der Waals surface area contributed by atoms with Gasteiger partial charge in [0.25, 0.3) is 5.91 Å². The number of nitrogens with one attached hydrogen (secondary N) is 2. The van der Waals surface area contributed by atoms with Crippen molar-refractivity contribution in [3.63, 3.8) is 0 Å². The van der Waals surface area contributed by atoms with E-state index < -0.39 is 0 Å². The van der Waals surface area contributed by atoms with Crippen LogP contribution in [-0.2, 0) is 11.3 Å². The molecular weight excluding hydrogens is 362 g/mol. The van der Waals surface area contributed by atoms with Crippen LogP contribution in [0.25, 0.3) is 0 Å². The molecule has 5 heteroatoms. The molecule has 4 aliphatic rings. The monoisotopic (exact) mass is 393 g/mol. The summed E-state index contributed by atoms with van der Waals surface area (Å²) in [6, 6.07) is 9.86. The van der Waals surface area contributed by atoms with Crippen molar-refractivity contribution >= 4 is 5.91 Å². The minimum absolute atomic E-state index is 0.134. The highest BCUT2D eigenvalue weighted by Crippen LogP contribution is 2.61. The number of carbonyl (C=O) groups excluding carboxylic acids is 1. The van der Waals surface area contributed by atoms with Crippen molar-refractivity contribution in [1.29, 1.82) is 5.26 Å². The van der Waals surface area contributed by atoms with Crippen molar-refractivity contribution in [3.8, 4) is 11.8 Å². The van der Waals surface area contributed by atoms with Gasteiger partial charge in [-0.05, 0) is 86.3 Å². The molecule has 1 aromatic rings. The number of benzene rings is 1. The number of rotatable bonds is 7. The summed E-state index contributed by atoms with van der Waals surface area (Å²) in [5, 5.41) is 15.7. The van der Waals surface area contributed by atoms with Gasteiger partial charge in [0, 0.05) is 18.8 Å². The van der Waals surface area contributed by atoms with Crippen LogP contribution in [0.5, 0.6) is 5.75 Å². The molecule has 0 saturated heterocycles. The van der Waals surface area contributed by atoms with Gasteiger partial charge in [0.15, 0.2) is 0 Å². The molecule has 4 aliphatic carbocycles. The molecule has 4 saturated carbocycles. The number of hydrogen-bond acceptors (Lipinski definition) is 4. The number of nitrogens with zero attached hydrogens (tertiary/aromatic N) is 1. The molecule has 2 N–H and O–H groups in total. The summed E-state index contributed by atoms with van der Waals surface area (Å²) in [7, 11) is 1.62. The van der Waals surface area contributed by atoms with Gasteiger partial charge in [-0.15, -0.1) is 0 Å². The average Bonchev–Trinajstić information content (AvgIpc) is 2.72. The fraction of sp³-hybridized carbons (Fsp3) is 0.583. The Bertz CT molecular complexity index is 786. The van der Waals surface area contributed by atoms with Crippen molar-refractivity contribution in [1.82, 2.24) is 10.6 Å². The van der Waals surface area contributed by atoms with Crippen LogP contribution in [0.4, 0.5) is 0 Å². The van der Waals surface area contributed by atoms with E-state index in [-0.39, 0.29) is 17.5 Å². The van der Waals surface area contributed by atoms with Crippen LogP contribution in [-0.4, -0.2) is 19.1 Å². The summed E-state index contributed by atoms with van der Waals surface area (Å²) in [6.45, 7) is 2.61.